The minimum atomic E-state index is -0.496. The number of methoxy groups -OCH3 is 2. The summed E-state index contributed by atoms with van der Waals surface area (Å²) in [5, 5.41) is 0. The van der Waals surface area contributed by atoms with Gasteiger partial charge in [-0.2, -0.15) is 0 Å². The molecule has 1 fully saturated rings. The van der Waals surface area contributed by atoms with E-state index in [4.69, 9.17) is 9.47 Å². The van der Waals surface area contributed by atoms with Crippen molar-refractivity contribution in [1.82, 2.24) is 0 Å². The number of ether oxygens (including phenoxy) is 2. The van der Waals surface area contributed by atoms with Crippen molar-refractivity contribution < 1.29 is 19.1 Å². The summed E-state index contributed by atoms with van der Waals surface area (Å²) in [7, 11) is 2.83. The van der Waals surface area contributed by atoms with Crippen LogP contribution in [0.5, 0.6) is 0 Å². The van der Waals surface area contributed by atoms with Crippen LogP contribution in [0, 0.1) is 16.7 Å². The maximum absolute atomic E-state index is 12.2. The lowest BCUT2D eigenvalue weighted by molar-refractivity contribution is -0.164. The maximum atomic E-state index is 12.2. The molecule has 1 aliphatic rings. The quantitative estimate of drug-likeness (QED) is 0.737. The fourth-order valence-corrected chi connectivity index (χ4v) is 3.67. The lowest BCUT2D eigenvalue weighted by Crippen LogP contribution is -2.47. The first-order chi connectivity index (χ1) is 8.78. The Morgan fingerprint density at radius 3 is 2.26 bits per heavy atom. The number of rotatable bonds is 4. The van der Waals surface area contributed by atoms with Crippen LogP contribution in [0.4, 0.5) is 0 Å². The van der Waals surface area contributed by atoms with E-state index in [-0.39, 0.29) is 23.3 Å². The minimum Gasteiger partial charge on any atom is -0.469 e. The second kappa shape index (κ2) is 5.93. The van der Waals surface area contributed by atoms with Crippen molar-refractivity contribution in [2.24, 2.45) is 16.7 Å². The Morgan fingerprint density at radius 2 is 1.74 bits per heavy atom. The van der Waals surface area contributed by atoms with Crippen LogP contribution in [-0.2, 0) is 19.1 Å². The Kier molecular flexibility index (Phi) is 4.99. The lowest BCUT2D eigenvalue weighted by atomic mass is 9.55. The van der Waals surface area contributed by atoms with E-state index in [9.17, 15) is 9.59 Å². The Bertz CT molecular complexity index is 348. The first-order valence-corrected chi connectivity index (χ1v) is 6.93. The van der Waals surface area contributed by atoms with E-state index in [1.165, 1.54) is 14.2 Å². The zero-order chi connectivity index (χ0) is 14.7. The number of carbonyl (C=O) groups excluding carboxylic acids is 2. The molecule has 0 unspecified atom stereocenters. The molecule has 0 aliphatic heterocycles. The van der Waals surface area contributed by atoms with E-state index in [0.29, 0.717) is 12.8 Å². The van der Waals surface area contributed by atoms with Gasteiger partial charge in [-0.15, -0.1) is 0 Å². The van der Waals surface area contributed by atoms with Crippen molar-refractivity contribution in [2.45, 2.75) is 52.9 Å². The summed E-state index contributed by atoms with van der Waals surface area (Å²) in [6.07, 6.45) is 3.95. The maximum Gasteiger partial charge on any atom is 0.311 e. The molecule has 0 amide bonds. The molecule has 0 spiro atoms. The molecule has 0 aromatic rings. The number of esters is 2. The van der Waals surface area contributed by atoms with Gasteiger partial charge < -0.3 is 9.47 Å². The minimum absolute atomic E-state index is 0.0369. The molecular weight excluding hydrogens is 244 g/mol. The molecule has 0 saturated heterocycles. The molecule has 19 heavy (non-hydrogen) atoms. The highest BCUT2D eigenvalue weighted by molar-refractivity contribution is 5.77. The van der Waals surface area contributed by atoms with E-state index in [1.807, 2.05) is 6.92 Å². The van der Waals surface area contributed by atoms with E-state index in [0.717, 1.165) is 19.3 Å². The summed E-state index contributed by atoms with van der Waals surface area (Å²) < 4.78 is 9.70. The van der Waals surface area contributed by atoms with Gasteiger partial charge >= 0.3 is 11.9 Å². The molecule has 110 valence electrons. The van der Waals surface area contributed by atoms with Crippen molar-refractivity contribution in [2.75, 3.05) is 14.2 Å². The predicted octanol–water partition coefficient (Wildman–Crippen LogP) is 2.95. The second-order valence-corrected chi connectivity index (χ2v) is 6.42. The number of hydrogen-bond donors (Lipinski definition) is 0. The largest absolute Gasteiger partial charge is 0.469 e. The summed E-state index contributed by atoms with van der Waals surface area (Å²) in [5.41, 5.74) is -0.459. The molecule has 0 heterocycles. The lowest BCUT2D eigenvalue weighted by Gasteiger charge is -2.49. The Morgan fingerprint density at radius 1 is 1.11 bits per heavy atom. The first-order valence-electron chi connectivity index (χ1n) is 6.93. The van der Waals surface area contributed by atoms with Crippen molar-refractivity contribution in [3.8, 4) is 0 Å². The van der Waals surface area contributed by atoms with Crippen molar-refractivity contribution in [3.63, 3.8) is 0 Å². The van der Waals surface area contributed by atoms with Gasteiger partial charge in [0.25, 0.3) is 0 Å². The predicted molar refractivity (Wildman–Crippen MR) is 72.5 cm³/mol. The molecule has 2 atom stereocenters. The van der Waals surface area contributed by atoms with Crippen LogP contribution in [-0.4, -0.2) is 26.2 Å². The normalized spacial score (nSPS) is 29.6. The zero-order valence-corrected chi connectivity index (χ0v) is 12.7. The van der Waals surface area contributed by atoms with E-state index >= 15 is 0 Å². The van der Waals surface area contributed by atoms with E-state index < -0.39 is 5.41 Å². The molecule has 4 heteroatoms. The molecule has 0 aromatic heterocycles. The summed E-state index contributed by atoms with van der Waals surface area (Å²) in [4.78, 5) is 23.5. The molecule has 1 aliphatic carbocycles. The third-order valence-electron chi connectivity index (χ3n) is 4.75. The van der Waals surface area contributed by atoms with Gasteiger partial charge in [0.2, 0.25) is 0 Å². The molecule has 4 nitrogen and oxygen atoms in total. The fraction of sp³-hybridized carbons (Fsp3) is 0.867. The average molecular weight is 270 g/mol. The second-order valence-electron chi connectivity index (χ2n) is 6.42. The van der Waals surface area contributed by atoms with Gasteiger partial charge in [-0.25, -0.2) is 0 Å². The highest BCUT2D eigenvalue weighted by Gasteiger charge is 2.51. The molecule has 1 rings (SSSR count). The number of carbonyl (C=O) groups is 2. The average Bonchev–Trinajstić information content (AvgIpc) is 2.35. The van der Waals surface area contributed by atoms with Gasteiger partial charge in [-0.05, 0) is 37.5 Å². The fourth-order valence-electron chi connectivity index (χ4n) is 3.67. The van der Waals surface area contributed by atoms with E-state index in [1.54, 1.807) is 0 Å². The highest BCUT2D eigenvalue weighted by Crippen LogP contribution is 2.53. The summed E-state index contributed by atoms with van der Waals surface area (Å²) >= 11 is 0. The summed E-state index contributed by atoms with van der Waals surface area (Å²) in [6, 6.07) is 0. The Hall–Kier alpha value is -1.06. The van der Waals surface area contributed by atoms with Crippen LogP contribution < -0.4 is 0 Å². The topological polar surface area (TPSA) is 52.6 Å². The number of hydrogen-bond acceptors (Lipinski definition) is 4. The third kappa shape index (κ3) is 3.28. The summed E-state index contributed by atoms with van der Waals surface area (Å²) in [6.45, 7) is 6.33. The van der Waals surface area contributed by atoms with Crippen molar-refractivity contribution in [3.05, 3.63) is 0 Å². The zero-order valence-electron chi connectivity index (χ0n) is 12.7. The van der Waals surface area contributed by atoms with Gasteiger partial charge in [0.1, 0.15) is 0 Å². The molecule has 0 bridgehead atoms. The van der Waals surface area contributed by atoms with Crippen LogP contribution in [0.15, 0.2) is 0 Å². The van der Waals surface area contributed by atoms with Gasteiger partial charge in [-0.3, -0.25) is 9.59 Å². The van der Waals surface area contributed by atoms with Crippen LogP contribution in [0.25, 0.3) is 0 Å². The standard InChI is InChI=1S/C15H26O4/c1-14(2)9-6-10-15(3,13(17)19-5)11(14)7-8-12(16)18-4/h11H,6-10H2,1-5H3/t11-,15-/m1/s1. The van der Waals surface area contributed by atoms with Gasteiger partial charge in [0.15, 0.2) is 0 Å². The third-order valence-corrected chi connectivity index (χ3v) is 4.75. The molecule has 0 N–H and O–H groups in total. The van der Waals surface area contributed by atoms with Gasteiger partial charge in [0, 0.05) is 6.42 Å². The highest BCUT2D eigenvalue weighted by atomic mass is 16.5. The SMILES string of the molecule is COC(=O)CC[C@@H]1C(C)(C)CCC[C@@]1(C)C(=O)OC. The molecule has 0 aromatic carbocycles. The molecule has 1 saturated carbocycles. The van der Waals surface area contributed by atoms with Crippen LogP contribution in [0.2, 0.25) is 0 Å². The van der Waals surface area contributed by atoms with E-state index in [2.05, 4.69) is 13.8 Å². The summed E-state index contributed by atoms with van der Waals surface area (Å²) in [5.74, 6) is -0.232. The van der Waals surface area contributed by atoms with Gasteiger partial charge in [0.05, 0.1) is 19.6 Å². The molecule has 0 radical (unpaired) electrons. The first kappa shape index (κ1) is 16.0. The van der Waals surface area contributed by atoms with Crippen molar-refractivity contribution >= 4 is 11.9 Å². The van der Waals surface area contributed by atoms with Crippen LogP contribution >= 0.6 is 0 Å². The van der Waals surface area contributed by atoms with Crippen molar-refractivity contribution in [1.29, 1.82) is 0 Å². The Labute approximate surface area is 115 Å². The smallest absolute Gasteiger partial charge is 0.311 e. The van der Waals surface area contributed by atoms with Gasteiger partial charge in [-0.1, -0.05) is 20.3 Å². The van der Waals surface area contributed by atoms with Crippen LogP contribution in [0.1, 0.15) is 52.9 Å². The van der Waals surface area contributed by atoms with Crippen LogP contribution in [0.3, 0.4) is 0 Å². The molecular formula is C15H26O4. The Balaban J connectivity index is 2.93. The monoisotopic (exact) mass is 270 g/mol.